The van der Waals surface area contributed by atoms with Gasteiger partial charge in [0.15, 0.2) is 0 Å². The standard InChI is InChI=1S/C29H28N2O5/c1-2-3-13-36-29(35)16-7-9-18(10-8-16)30-26(32)17-5-4-6-19(14-17)31-27(33)24-20-11-12-21(23-15-22(20)23)25(24)28(31)34/h4-12,14,20-25H,2-3,13,15H2,1H3,(H,30,32). The number of carbonyl (C=O) groups is 4. The zero-order chi connectivity index (χ0) is 25.0. The van der Waals surface area contributed by atoms with Crippen molar-refractivity contribution in [3.8, 4) is 0 Å². The summed E-state index contributed by atoms with van der Waals surface area (Å²) in [6.07, 6.45) is 7.17. The summed E-state index contributed by atoms with van der Waals surface area (Å²) < 4.78 is 5.21. The number of amides is 3. The van der Waals surface area contributed by atoms with Crippen LogP contribution >= 0.6 is 0 Å². The fraction of sp³-hybridized carbons (Fsp3) is 0.379. The van der Waals surface area contributed by atoms with Gasteiger partial charge in [-0.15, -0.1) is 0 Å². The van der Waals surface area contributed by atoms with Gasteiger partial charge in [-0.2, -0.15) is 0 Å². The molecule has 184 valence electrons. The summed E-state index contributed by atoms with van der Waals surface area (Å²) in [5.41, 5.74) is 1.72. The van der Waals surface area contributed by atoms with Gasteiger partial charge in [-0.05, 0) is 79.0 Å². The van der Waals surface area contributed by atoms with Gasteiger partial charge >= 0.3 is 5.97 Å². The van der Waals surface area contributed by atoms with E-state index >= 15 is 0 Å². The van der Waals surface area contributed by atoms with Crippen molar-refractivity contribution in [2.75, 3.05) is 16.8 Å². The Morgan fingerprint density at radius 1 is 0.944 bits per heavy atom. The minimum absolute atomic E-state index is 0.145. The lowest BCUT2D eigenvalue weighted by molar-refractivity contribution is -0.124. The fourth-order valence-corrected chi connectivity index (χ4v) is 6.28. The van der Waals surface area contributed by atoms with Gasteiger partial charge in [0.25, 0.3) is 5.91 Å². The van der Waals surface area contributed by atoms with E-state index in [1.165, 1.54) is 4.90 Å². The third-order valence-electron chi connectivity index (χ3n) is 8.14. The number of unbranched alkanes of at least 4 members (excludes halogenated alkanes) is 1. The van der Waals surface area contributed by atoms with Crippen molar-refractivity contribution in [3.63, 3.8) is 0 Å². The number of carbonyl (C=O) groups excluding carboxylic acids is 4. The van der Waals surface area contributed by atoms with E-state index in [-0.39, 0.29) is 41.4 Å². The van der Waals surface area contributed by atoms with Crippen molar-refractivity contribution in [3.05, 3.63) is 71.8 Å². The van der Waals surface area contributed by atoms with Gasteiger partial charge in [0.2, 0.25) is 11.8 Å². The molecule has 0 aromatic heterocycles. The Morgan fingerprint density at radius 2 is 1.61 bits per heavy atom. The molecule has 2 saturated carbocycles. The van der Waals surface area contributed by atoms with E-state index in [9.17, 15) is 19.2 Å². The van der Waals surface area contributed by atoms with E-state index in [2.05, 4.69) is 17.5 Å². The quantitative estimate of drug-likeness (QED) is 0.271. The predicted octanol–water partition coefficient (Wildman–Crippen LogP) is 4.45. The number of rotatable bonds is 7. The van der Waals surface area contributed by atoms with Crippen LogP contribution in [0.15, 0.2) is 60.7 Å². The zero-order valence-corrected chi connectivity index (χ0v) is 20.1. The normalized spacial score (nSPS) is 29.1. The molecule has 0 spiro atoms. The number of hydrogen-bond donors (Lipinski definition) is 1. The second-order valence-electron chi connectivity index (χ2n) is 10.2. The summed E-state index contributed by atoms with van der Waals surface area (Å²) in [4.78, 5) is 53.1. The molecule has 2 aromatic carbocycles. The number of imide groups is 1. The Bertz CT molecular complexity index is 1250. The highest BCUT2D eigenvalue weighted by Crippen LogP contribution is 2.65. The molecule has 4 aliphatic carbocycles. The number of benzene rings is 2. The van der Waals surface area contributed by atoms with E-state index in [1.54, 1.807) is 48.5 Å². The Kier molecular flexibility index (Phi) is 5.51. The molecule has 1 saturated heterocycles. The average Bonchev–Trinajstić information content (AvgIpc) is 3.67. The SMILES string of the molecule is CCCCOC(=O)c1ccc(NC(=O)c2cccc(N3C(=O)C4C5C=CC(C6CC56)C4C3=O)c2)cc1. The summed E-state index contributed by atoms with van der Waals surface area (Å²) in [6.45, 7) is 2.41. The minimum atomic E-state index is -0.393. The van der Waals surface area contributed by atoms with Gasteiger partial charge in [0, 0.05) is 11.3 Å². The summed E-state index contributed by atoms with van der Waals surface area (Å²) in [6, 6.07) is 13.1. The first-order chi connectivity index (χ1) is 17.5. The van der Waals surface area contributed by atoms with Crippen LogP contribution in [-0.2, 0) is 14.3 Å². The monoisotopic (exact) mass is 484 g/mol. The second kappa shape index (κ2) is 8.73. The van der Waals surface area contributed by atoms with Crippen molar-refractivity contribution in [1.29, 1.82) is 0 Å². The number of nitrogens with one attached hydrogen (secondary N) is 1. The molecule has 3 fully saturated rings. The molecule has 7 rings (SSSR count). The predicted molar refractivity (Wildman–Crippen MR) is 133 cm³/mol. The molecule has 5 aliphatic rings. The number of allylic oxidation sites excluding steroid dienone is 2. The molecule has 7 nitrogen and oxygen atoms in total. The largest absolute Gasteiger partial charge is 0.462 e. The molecule has 1 heterocycles. The first-order valence-electron chi connectivity index (χ1n) is 12.7. The van der Waals surface area contributed by atoms with Crippen LogP contribution in [0, 0.1) is 35.5 Å². The molecule has 6 atom stereocenters. The molecule has 36 heavy (non-hydrogen) atoms. The average molecular weight is 485 g/mol. The molecule has 0 radical (unpaired) electrons. The van der Waals surface area contributed by atoms with Gasteiger partial charge in [0.1, 0.15) is 0 Å². The molecule has 2 bridgehead atoms. The number of esters is 1. The lowest BCUT2D eigenvalue weighted by Gasteiger charge is -2.37. The van der Waals surface area contributed by atoms with E-state index in [0.717, 1.165) is 19.3 Å². The minimum Gasteiger partial charge on any atom is -0.462 e. The molecule has 1 N–H and O–H groups in total. The fourth-order valence-electron chi connectivity index (χ4n) is 6.28. The van der Waals surface area contributed by atoms with Crippen LogP contribution in [0.1, 0.15) is 46.9 Å². The molecular weight excluding hydrogens is 456 g/mol. The van der Waals surface area contributed by atoms with Crippen molar-refractivity contribution >= 4 is 35.1 Å². The molecular formula is C29H28N2O5. The summed E-state index contributed by atoms with van der Waals surface area (Å²) in [5, 5.41) is 2.81. The van der Waals surface area contributed by atoms with Gasteiger partial charge in [-0.3, -0.25) is 14.4 Å². The Hall–Kier alpha value is -3.74. The van der Waals surface area contributed by atoms with E-state index < -0.39 is 5.97 Å². The van der Waals surface area contributed by atoms with Crippen LogP contribution in [0.5, 0.6) is 0 Å². The summed E-state index contributed by atoms with van der Waals surface area (Å²) >= 11 is 0. The highest BCUT2D eigenvalue weighted by molar-refractivity contribution is 6.23. The third kappa shape index (κ3) is 3.65. The molecule has 2 aromatic rings. The van der Waals surface area contributed by atoms with Gasteiger partial charge in [-0.25, -0.2) is 9.69 Å². The Labute approximate surface area is 209 Å². The number of hydrogen-bond acceptors (Lipinski definition) is 5. The zero-order valence-electron chi connectivity index (χ0n) is 20.1. The van der Waals surface area contributed by atoms with Crippen LogP contribution in [0.3, 0.4) is 0 Å². The van der Waals surface area contributed by atoms with Crippen LogP contribution in [0.2, 0.25) is 0 Å². The summed E-state index contributed by atoms with van der Waals surface area (Å²) in [7, 11) is 0. The van der Waals surface area contributed by atoms with Crippen molar-refractivity contribution < 1.29 is 23.9 Å². The van der Waals surface area contributed by atoms with E-state index in [4.69, 9.17) is 4.74 Å². The second-order valence-corrected chi connectivity index (χ2v) is 10.2. The van der Waals surface area contributed by atoms with Crippen LogP contribution < -0.4 is 10.2 Å². The maximum Gasteiger partial charge on any atom is 0.338 e. The Morgan fingerprint density at radius 3 is 2.25 bits per heavy atom. The number of nitrogens with zero attached hydrogens (tertiary/aromatic N) is 1. The van der Waals surface area contributed by atoms with Gasteiger partial charge < -0.3 is 10.1 Å². The van der Waals surface area contributed by atoms with E-state index in [1.807, 2.05) is 6.92 Å². The van der Waals surface area contributed by atoms with Gasteiger partial charge in [-0.1, -0.05) is 31.6 Å². The van der Waals surface area contributed by atoms with Crippen molar-refractivity contribution in [2.45, 2.75) is 26.2 Å². The van der Waals surface area contributed by atoms with E-state index in [0.29, 0.717) is 40.9 Å². The first-order valence-corrected chi connectivity index (χ1v) is 12.7. The summed E-state index contributed by atoms with van der Waals surface area (Å²) in [5.74, 6) is -0.205. The maximum absolute atomic E-state index is 13.4. The highest BCUT2D eigenvalue weighted by atomic mass is 16.5. The molecule has 7 heteroatoms. The Balaban J connectivity index is 1.15. The topological polar surface area (TPSA) is 92.8 Å². The number of anilines is 2. The van der Waals surface area contributed by atoms with Crippen molar-refractivity contribution in [2.24, 2.45) is 35.5 Å². The van der Waals surface area contributed by atoms with Crippen LogP contribution in [0.25, 0.3) is 0 Å². The number of ether oxygens (including phenoxy) is 1. The lowest BCUT2D eigenvalue weighted by atomic mass is 9.63. The van der Waals surface area contributed by atoms with Crippen molar-refractivity contribution in [1.82, 2.24) is 0 Å². The molecule has 6 unspecified atom stereocenters. The third-order valence-corrected chi connectivity index (χ3v) is 8.14. The maximum atomic E-state index is 13.4. The van der Waals surface area contributed by atoms with Gasteiger partial charge in [0.05, 0.1) is 29.7 Å². The van der Waals surface area contributed by atoms with Crippen LogP contribution in [0.4, 0.5) is 11.4 Å². The smallest absolute Gasteiger partial charge is 0.338 e. The first kappa shape index (κ1) is 22.7. The molecule has 1 aliphatic heterocycles. The van der Waals surface area contributed by atoms with Crippen LogP contribution in [-0.4, -0.2) is 30.3 Å². The lowest BCUT2D eigenvalue weighted by Crippen LogP contribution is -2.40. The molecule has 3 amide bonds. The highest BCUT2D eigenvalue weighted by Gasteiger charge is 2.67.